The third-order valence-electron chi connectivity index (χ3n) is 5.27. The van der Waals surface area contributed by atoms with Crippen molar-refractivity contribution in [3.8, 4) is 16.9 Å². The average molecular weight is 475 g/mol. The molecule has 2 N–H and O–H groups in total. The first-order valence-electron chi connectivity index (χ1n) is 10.2. The van der Waals surface area contributed by atoms with Gasteiger partial charge in [-0.2, -0.15) is 0 Å². The fourth-order valence-electron chi connectivity index (χ4n) is 3.66. The Morgan fingerprint density at radius 1 is 1.24 bits per heavy atom. The lowest BCUT2D eigenvalue weighted by molar-refractivity contribution is -0.0964. The van der Waals surface area contributed by atoms with E-state index in [1.807, 2.05) is 17.9 Å². The Kier molecular flexibility index (Phi) is 6.44. The maximum absolute atomic E-state index is 12.9. The Morgan fingerprint density at radius 2 is 2.00 bits per heavy atom. The van der Waals surface area contributed by atoms with E-state index in [2.05, 4.69) is 20.0 Å². The second kappa shape index (κ2) is 9.29. The molecule has 3 aromatic rings. The van der Waals surface area contributed by atoms with Crippen molar-refractivity contribution in [1.29, 1.82) is 0 Å². The van der Waals surface area contributed by atoms with Crippen LogP contribution in [0.25, 0.3) is 11.1 Å². The molecule has 0 saturated carbocycles. The molecule has 10 heteroatoms. The highest BCUT2D eigenvalue weighted by Crippen LogP contribution is 2.33. The van der Waals surface area contributed by atoms with Crippen LogP contribution in [0.15, 0.2) is 55.0 Å². The van der Waals surface area contributed by atoms with Gasteiger partial charge in [-0.25, -0.2) is 4.98 Å². The van der Waals surface area contributed by atoms with Crippen LogP contribution in [0.2, 0.25) is 0 Å². The first-order chi connectivity index (χ1) is 15.7. The number of pyridine rings is 2. The number of rotatable bonds is 6. The van der Waals surface area contributed by atoms with Crippen molar-refractivity contribution in [2.75, 3.05) is 23.3 Å². The molecule has 1 aromatic carbocycles. The number of β-amino-alcohol motifs (C(OH)–C–C–N with tert-alkyl or cyclic N) is 1. The number of aryl methyl sites for hydroxylation is 1. The summed E-state index contributed by atoms with van der Waals surface area (Å²) < 4.78 is 29.8. The predicted molar refractivity (Wildman–Crippen MR) is 121 cm³/mol. The minimum atomic E-state index is -3.82. The summed E-state index contributed by atoms with van der Waals surface area (Å²) in [5.74, 6) is 0.110. The summed E-state index contributed by atoms with van der Waals surface area (Å²) in [6, 6.07) is 9.01. The molecule has 0 radical (unpaired) electrons. The Morgan fingerprint density at radius 3 is 2.64 bits per heavy atom. The quantitative estimate of drug-likeness (QED) is 0.513. The summed E-state index contributed by atoms with van der Waals surface area (Å²) >= 11 is 4.76. The van der Waals surface area contributed by atoms with Crippen LogP contribution in [-0.4, -0.2) is 45.7 Å². The molecule has 0 spiro atoms. The number of amides is 1. The van der Waals surface area contributed by atoms with Gasteiger partial charge in [-0.05, 0) is 55.3 Å². The second-order valence-corrected chi connectivity index (χ2v) is 8.14. The molecular weight excluding hydrogens is 454 g/mol. The van der Waals surface area contributed by atoms with E-state index in [-0.39, 0.29) is 5.75 Å². The number of hydrogen-bond donors (Lipinski definition) is 2. The fraction of sp³-hybridized carbons (Fsp3) is 0.261. The maximum Gasteiger partial charge on any atom is 0.487 e. The molecule has 1 saturated heterocycles. The third kappa shape index (κ3) is 5.55. The summed E-state index contributed by atoms with van der Waals surface area (Å²) in [4.78, 5) is 23.6. The minimum absolute atomic E-state index is 0.138. The van der Waals surface area contributed by atoms with Crippen molar-refractivity contribution in [3.63, 3.8) is 0 Å². The number of halogens is 3. The highest BCUT2D eigenvalue weighted by atomic mass is 35.5. The Labute approximate surface area is 194 Å². The number of nitrogens with zero attached hydrogens (tertiary/aromatic N) is 3. The van der Waals surface area contributed by atoms with E-state index in [1.54, 1.807) is 18.5 Å². The monoisotopic (exact) mass is 474 g/mol. The number of aliphatic hydroxyl groups excluding tert-OH is 1. The summed E-state index contributed by atoms with van der Waals surface area (Å²) in [5.41, 5.74) is -0.586. The van der Waals surface area contributed by atoms with E-state index in [0.29, 0.717) is 36.6 Å². The molecule has 4 rings (SSSR count). The van der Waals surface area contributed by atoms with Crippen LogP contribution in [0.4, 0.5) is 20.3 Å². The number of hydrogen-bond acceptors (Lipinski definition) is 6. The normalized spacial score (nSPS) is 16.0. The molecule has 1 unspecified atom stereocenters. The summed E-state index contributed by atoms with van der Waals surface area (Å²) in [6.07, 6.45) is 5.09. The van der Waals surface area contributed by atoms with Crippen molar-refractivity contribution >= 4 is 29.0 Å². The molecule has 1 atom stereocenters. The number of carbonyl (C=O) groups excluding carboxylic acids is 1. The van der Waals surface area contributed by atoms with Gasteiger partial charge in [-0.3, -0.25) is 9.78 Å². The predicted octanol–water partition coefficient (Wildman–Crippen LogP) is 4.44. The first kappa shape index (κ1) is 22.9. The molecule has 0 aliphatic carbocycles. The molecule has 33 heavy (non-hydrogen) atoms. The van der Waals surface area contributed by atoms with Gasteiger partial charge in [0.05, 0.1) is 11.7 Å². The van der Waals surface area contributed by atoms with E-state index < -0.39 is 17.6 Å². The van der Waals surface area contributed by atoms with Crippen LogP contribution in [0, 0.1) is 6.92 Å². The van der Waals surface area contributed by atoms with Crippen molar-refractivity contribution in [2.45, 2.75) is 25.0 Å². The van der Waals surface area contributed by atoms with Crippen LogP contribution in [0.5, 0.6) is 5.75 Å². The van der Waals surface area contributed by atoms with E-state index in [0.717, 1.165) is 16.7 Å². The second-order valence-electron chi connectivity index (χ2n) is 7.70. The first-order valence-corrected chi connectivity index (χ1v) is 10.6. The molecular formula is C23H21ClF2N4O3. The third-order valence-corrected chi connectivity index (χ3v) is 5.34. The Balaban J connectivity index is 1.61. The molecule has 0 bridgehead atoms. The number of anilines is 2. The molecule has 172 valence electrons. The number of carbonyl (C=O) groups is 1. The molecule has 7 nitrogen and oxygen atoms in total. The van der Waals surface area contributed by atoms with Gasteiger partial charge in [-0.1, -0.05) is 0 Å². The van der Waals surface area contributed by atoms with Gasteiger partial charge in [0, 0.05) is 60.1 Å². The number of ether oxygens (including phenoxy) is 1. The lowest BCUT2D eigenvalue weighted by atomic mass is 10.0. The van der Waals surface area contributed by atoms with Gasteiger partial charge >= 0.3 is 5.57 Å². The Bertz CT molecular complexity index is 1160. The standard InChI is InChI=1S/C23H21ClF2N4O3/c1-14-6-8-27-12-20(14)19-10-15(11-28-21(19)30-9-7-17(31)13-30)22(32)29-16-2-4-18(5-3-16)33-23(24,25)26/h2-6,8,10-12,17,31H,7,9,13H2,1H3,(H,29,32). The molecule has 3 heterocycles. The topological polar surface area (TPSA) is 87.6 Å². The SMILES string of the molecule is Cc1ccncc1-c1cc(C(=O)Nc2ccc(OC(F)(F)Cl)cc2)cnc1N1CCC(O)C1. The number of aromatic nitrogens is 2. The van der Waals surface area contributed by atoms with E-state index >= 15 is 0 Å². The van der Waals surface area contributed by atoms with Gasteiger partial charge in [0.2, 0.25) is 0 Å². The summed E-state index contributed by atoms with van der Waals surface area (Å²) in [6.45, 7) is 3.06. The van der Waals surface area contributed by atoms with Gasteiger partial charge in [-0.15, -0.1) is 8.78 Å². The van der Waals surface area contributed by atoms with E-state index in [1.165, 1.54) is 30.5 Å². The molecule has 2 aromatic heterocycles. The minimum Gasteiger partial charge on any atom is -0.420 e. The summed E-state index contributed by atoms with van der Waals surface area (Å²) in [5, 5.41) is 12.7. The number of alkyl halides is 3. The molecule has 1 fully saturated rings. The van der Waals surface area contributed by atoms with E-state index in [4.69, 9.17) is 11.6 Å². The van der Waals surface area contributed by atoms with Crippen LogP contribution in [-0.2, 0) is 0 Å². The van der Waals surface area contributed by atoms with Crippen LogP contribution in [0.3, 0.4) is 0 Å². The molecule has 1 aliphatic rings. The average Bonchev–Trinajstić information content (AvgIpc) is 3.20. The van der Waals surface area contributed by atoms with Crippen LogP contribution >= 0.6 is 11.6 Å². The van der Waals surface area contributed by atoms with Crippen LogP contribution < -0.4 is 15.0 Å². The Hall–Kier alpha value is -3.30. The fourth-order valence-corrected chi connectivity index (χ4v) is 3.74. The lowest BCUT2D eigenvalue weighted by Crippen LogP contribution is -2.23. The van der Waals surface area contributed by atoms with E-state index in [9.17, 15) is 18.7 Å². The van der Waals surface area contributed by atoms with Gasteiger partial charge in [0.15, 0.2) is 0 Å². The zero-order valence-corrected chi connectivity index (χ0v) is 18.4. The van der Waals surface area contributed by atoms with Gasteiger partial charge < -0.3 is 20.1 Å². The lowest BCUT2D eigenvalue weighted by Gasteiger charge is -2.21. The number of benzene rings is 1. The van der Waals surface area contributed by atoms with Gasteiger partial charge in [0.25, 0.3) is 5.91 Å². The number of nitrogens with one attached hydrogen (secondary N) is 1. The maximum atomic E-state index is 12.9. The zero-order valence-electron chi connectivity index (χ0n) is 17.6. The van der Waals surface area contributed by atoms with Crippen molar-refractivity contribution in [1.82, 2.24) is 9.97 Å². The van der Waals surface area contributed by atoms with Crippen LogP contribution in [0.1, 0.15) is 22.3 Å². The van der Waals surface area contributed by atoms with Crippen molar-refractivity contribution in [3.05, 3.63) is 66.1 Å². The smallest absolute Gasteiger partial charge is 0.420 e. The highest BCUT2D eigenvalue weighted by molar-refractivity contribution is 6.20. The van der Waals surface area contributed by atoms with Gasteiger partial charge in [0.1, 0.15) is 11.6 Å². The van der Waals surface area contributed by atoms with Crippen molar-refractivity contribution in [2.24, 2.45) is 0 Å². The number of aliphatic hydroxyl groups is 1. The summed E-state index contributed by atoms with van der Waals surface area (Å²) in [7, 11) is 0. The highest BCUT2D eigenvalue weighted by Gasteiger charge is 2.28. The molecule has 1 aliphatic heterocycles. The molecule has 1 amide bonds. The van der Waals surface area contributed by atoms with Crippen molar-refractivity contribution < 1.29 is 23.4 Å². The largest absolute Gasteiger partial charge is 0.487 e. The zero-order chi connectivity index (χ0) is 23.6.